The smallest absolute Gasteiger partial charge is 0.197 e. The molecule has 0 N–H and O–H groups in total. The Bertz CT molecular complexity index is 486. The number of hydrogen-bond donors (Lipinski definition) is 0. The van der Waals surface area contributed by atoms with Gasteiger partial charge in [-0.05, 0) is 23.3 Å². The van der Waals surface area contributed by atoms with Gasteiger partial charge in [-0.3, -0.25) is 0 Å². The van der Waals surface area contributed by atoms with E-state index in [-0.39, 0.29) is 12.3 Å². The molecule has 1 aromatic carbocycles. The van der Waals surface area contributed by atoms with Crippen molar-refractivity contribution in [2.24, 2.45) is 0 Å². The molecule has 0 heterocycles. The Hall–Kier alpha value is -1.18. The summed E-state index contributed by atoms with van der Waals surface area (Å²) in [7, 11) is 0. The van der Waals surface area contributed by atoms with Crippen LogP contribution >= 0.6 is 23.2 Å². The molecule has 1 nitrogen and oxygen atoms in total. The van der Waals surface area contributed by atoms with E-state index in [4.69, 9.17) is 28.5 Å². The number of rotatable bonds is 4. The molecule has 0 bridgehead atoms. The topological polar surface area (TPSA) is 23.8 Å². The van der Waals surface area contributed by atoms with Gasteiger partial charge in [-0.1, -0.05) is 18.2 Å². The van der Waals surface area contributed by atoms with Crippen molar-refractivity contribution in [2.45, 2.75) is 18.0 Å². The highest BCUT2D eigenvalue weighted by Crippen LogP contribution is 2.31. The van der Waals surface area contributed by atoms with Crippen LogP contribution < -0.4 is 0 Å². The van der Waals surface area contributed by atoms with Gasteiger partial charge < -0.3 is 0 Å². The maximum Gasteiger partial charge on any atom is 0.416 e. The van der Waals surface area contributed by atoms with Crippen molar-refractivity contribution in [2.75, 3.05) is 5.88 Å². The van der Waals surface area contributed by atoms with Crippen molar-refractivity contribution in [3.8, 4) is 6.07 Å². The minimum atomic E-state index is -4.36. The summed E-state index contributed by atoms with van der Waals surface area (Å²) in [6, 6.07) is 6.55. The number of alkyl halides is 5. The van der Waals surface area contributed by atoms with Crippen molar-refractivity contribution < 1.29 is 13.2 Å². The number of hydrogen-bond acceptors (Lipinski definition) is 1. The SMILES string of the molecule is N#CC(Cl)C/C(=C/CCl)c1ccc(C(F)(F)F)cc1. The molecule has 0 aliphatic carbocycles. The summed E-state index contributed by atoms with van der Waals surface area (Å²) in [6.07, 6.45) is -2.50. The standard InChI is InChI=1S/C13H10Cl2F3N/c14-6-5-10(7-12(15)8-19)9-1-3-11(4-2-9)13(16,17)18/h1-5,12H,6-7H2/b10-5-. The van der Waals surface area contributed by atoms with E-state index in [2.05, 4.69) is 0 Å². The van der Waals surface area contributed by atoms with Crippen LogP contribution in [-0.2, 0) is 6.18 Å². The molecule has 1 unspecified atom stereocenters. The molecular weight excluding hydrogens is 298 g/mol. The van der Waals surface area contributed by atoms with Gasteiger partial charge in [0.05, 0.1) is 11.6 Å². The minimum Gasteiger partial charge on any atom is -0.197 e. The average Bonchev–Trinajstić information content (AvgIpc) is 2.37. The zero-order valence-corrected chi connectivity index (χ0v) is 11.2. The second-order valence-corrected chi connectivity index (χ2v) is 4.59. The third-order valence-electron chi connectivity index (χ3n) is 2.45. The van der Waals surface area contributed by atoms with Crippen LogP contribution in [-0.4, -0.2) is 11.3 Å². The summed E-state index contributed by atoms with van der Waals surface area (Å²) < 4.78 is 37.3. The Balaban J connectivity index is 2.99. The Morgan fingerprint density at radius 3 is 2.32 bits per heavy atom. The Labute approximate surface area is 119 Å². The van der Waals surface area contributed by atoms with Crippen LogP contribution in [0.3, 0.4) is 0 Å². The van der Waals surface area contributed by atoms with Crippen LogP contribution in [0.1, 0.15) is 17.5 Å². The molecule has 0 saturated heterocycles. The summed E-state index contributed by atoms with van der Waals surface area (Å²) in [6.45, 7) is 0. The highest BCUT2D eigenvalue weighted by atomic mass is 35.5. The molecule has 0 aliphatic rings. The monoisotopic (exact) mass is 307 g/mol. The lowest BCUT2D eigenvalue weighted by molar-refractivity contribution is -0.137. The first kappa shape index (κ1) is 15.9. The van der Waals surface area contributed by atoms with Crippen molar-refractivity contribution in [1.29, 1.82) is 5.26 Å². The largest absolute Gasteiger partial charge is 0.416 e. The molecule has 1 aromatic rings. The van der Waals surface area contributed by atoms with Gasteiger partial charge in [-0.25, -0.2) is 0 Å². The fourth-order valence-electron chi connectivity index (χ4n) is 1.52. The summed E-state index contributed by atoms with van der Waals surface area (Å²) >= 11 is 11.3. The summed E-state index contributed by atoms with van der Waals surface area (Å²) in [5, 5.41) is 7.92. The van der Waals surface area contributed by atoms with Gasteiger partial charge in [0.2, 0.25) is 0 Å². The van der Waals surface area contributed by atoms with E-state index in [0.29, 0.717) is 11.1 Å². The maximum atomic E-state index is 12.4. The third-order valence-corrected chi connectivity index (χ3v) is 2.85. The fourth-order valence-corrected chi connectivity index (χ4v) is 1.88. The lowest BCUT2D eigenvalue weighted by Gasteiger charge is -2.11. The predicted molar refractivity (Wildman–Crippen MR) is 70.0 cm³/mol. The van der Waals surface area contributed by atoms with Gasteiger partial charge in [0.1, 0.15) is 5.38 Å². The lowest BCUT2D eigenvalue weighted by Crippen LogP contribution is -2.05. The van der Waals surface area contributed by atoms with Gasteiger partial charge in [0.15, 0.2) is 0 Å². The maximum absolute atomic E-state index is 12.4. The molecule has 1 rings (SSSR count). The zero-order valence-electron chi connectivity index (χ0n) is 9.72. The molecule has 0 aromatic heterocycles. The van der Waals surface area contributed by atoms with Crippen LogP contribution in [0.15, 0.2) is 30.3 Å². The van der Waals surface area contributed by atoms with E-state index in [1.54, 1.807) is 6.08 Å². The number of allylic oxidation sites excluding steroid dienone is 2. The van der Waals surface area contributed by atoms with Crippen LogP contribution in [0.5, 0.6) is 0 Å². The molecule has 0 spiro atoms. The number of nitriles is 1. The molecular formula is C13H10Cl2F3N. The van der Waals surface area contributed by atoms with E-state index >= 15 is 0 Å². The van der Waals surface area contributed by atoms with Crippen molar-refractivity contribution in [1.82, 2.24) is 0 Å². The molecule has 0 saturated carbocycles. The van der Waals surface area contributed by atoms with E-state index in [0.717, 1.165) is 12.1 Å². The third kappa shape index (κ3) is 4.77. The van der Waals surface area contributed by atoms with Crippen molar-refractivity contribution in [3.05, 3.63) is 41.5 Å². The molecule has 0 radical (unpaired) electrons. The van der Waals surface area contributed by atoms with Crippen LogP contribution in [0.4, 0.5) is 13.2 Å². The Kier molecular flexibility index (Phi) is 5.71. The summed E-state index contributed by atoms with van der Waals surface area (Å²) in [4.78, 5) is 0. The predicted octanol–water partition coefficient (Wildman–Crippen LogP) is 4.85. The highest BCUT2D eigenvalue weighted by molar-refractivity contribution is 6.23. The van der Waals surface area contributed by atoms with Crippen LogP contribution in [0.25, 0.3) is 5.57 Å². The lowest BCUT2D eigenvalue weighted by atomic mass is 9.99. The van der Waals surface area contributed by atoms with E-state index < -0.39 is 17.1 Å². The molecule has 19 heavy (non-hydrogen) atoms. The first-order valence-corrected chi connectivity index (χ1v) is 6.32. The molecule has 0 aliphatic heterocycles. The Morgan fingerprint density at radius 1 is 1.32 bits per heavy atom. The second kappa shape index (κ2) is 6.83. The van der Waals surface area contributed by atoms with Gasteiger partial charge in [0, 0.05) is 12.3 Å². The molecule has 102 valence electrons. The van der Waals surface area contributed by atoms with Crippen LogP contribution in [0.2, 0.25) is 0 Å². The molecule has 1 atom stereocenters. The van der Waals surface area contributed by atoms with Crippen molar-refractivity contribution >= 4 is 28.8 Å². The average molecular weight is 308 g/mol. The number of nitrogens with zero attached hydrogens (tertiary/aromatic N) is 1. The fraction of sp³-hybridized carbons (Fsp3) is 0.308. The minimum absolute atomic E-state index is 0.200. The summed E-state index contributed by atoms with van der Waals surface area (Å²) in [5.74, 6) is 0.200. The second-order valence-electron chi connectivity index (χ2n) is 3.76. The van der Waals surface area contributed by atoms with Gasteiger partial charge in [0.25, 0.3) is 0 Å². The van der Waals surface area contributed by atoms with Gasteiger partial charge in [-0.2, -0.15) is 18.4 Å². The van der Waals surface area contributed by atoms with Crippen molar-refractivity contribution in [3.63, 3.8) is 0 Å². The van der Waals surface area contributed by atoms with Crippen LogP contribution in [0, 0.1) is 11.3 Å². The normalized spacial score (nSPS) is 14.0. The van der Waals surface area contributed by atoms with Gasteiger partial charge >= 0.3 is 6.18 Å². The zero-order chi connectivity index (χ0) is 14.5. The number of benzene rings is 1. The first-order valence-electron chi connectivity index (χ1n) is 5.34. The van der Waals surface area contributed by atoms with E-state index in [9.17, 15) is 13.2 Å². The van der Waals surface area contributed by atoms with E-state index in [1.165, 1.54) is 12.1 Å². The van der Waals surface area contributed by atoms with Gasteiger partial charge in [-0.15, -0.1) is 23.2 Å². The highest BCUT2D eigenvalue weighted by Gasteiger charge is 2.30. The first-order chi connectivity index (χ1) is 8.88. The molecule has 0 amide bonds. The summed E-state index contributed by atoms with van der Waals surface area (Å²) in [5.41, 5.74) is 0.518. The van der Waals surface area contributed by atoms with E-state index in [1.807, 2.05) is 6.07 Å². The molecule has 6 heteroatoms. The quantitative estimate of drug-likeness (QED) is 0.730. The Morgan fingerprint density at radius 2 is 1.89 bits per heavy atom. The molecule has 0 fully saturated rings. The number of halogens is 5.